The van der Waals surface area contributed by atoms with Crippen LogP contribution in [0.5, 0.6) is 0 Å². The maximum atomic E-state index is 12.6. The van der Waals surface area contributed by atoms with E-state index >= 15 is 0 Å². The molecule has 0 saturated carbocycles. The number of nitrogens with one attached hydrogen (secondary N) is 1. The maximum absolute atomic E-state index is 12.6. The normalized spacial score (nSPS) is 18.1. The number of carbonyl (C=O) groups is 2. The van der Waals surface area contributed by atoms with Crippen molar-refractivity contribution in [1.29, 1.82) is 0 Å². The lowest BCUT2D eigenvalue weighted by Gasteiger charge is -2.31. The molecule has 0 aromatic carbocycles. The number of nitrogens with zero attached hydrogens (tertiary/aromatic N) is 2. The quantitative estimate of drug-likeness (QED) is 0.908. The van der Waals surface area contributed by atoms with Gasteiger partial charge in [0.15, 0.2) is 0 Å². The molecule has 126 valence electrons. The Morgan fingerprint density at radius 3 is 2.91 bits per heavy atom. The molecule has 0 spiro atoms. The van der Waals surface area contributed by atoms with Crippen molar-refractivity contribution in [3.63, 3.8) is 0 Å². The molecule has 2 heterocycles. The van der Waals surface area contributed by atoms with Gasteiger partial charge in [-0.1, -0.05) is 20.8 Å². The lowest BCUT2D eigenvalue weighted by Crippen LogP contribution is -2.39. The lowest BCUT2D eigenvalue weighted by atomic mass is 9.99. The maximum Gasteiger partial charge on any atom is 0.269 e. The van der Waals surface area contributed by atoms with Crippen LogP contribution in [0.2, 0.25) is 0 Å². The first kappa shape index (κ1) is 17.4. The summed E-state index contributed by atoms with van der Waals surface area (Å²) in [7, 11) is 0. The third-order valence-electron chi connectivity index (χ3n) is 4.19. The Morgan fingerprint density at radius 2 is 2.22 bits per heavy atom. The average molecular weight is 317 g/mol. The number of carbonyl (C=O) groups excluding carboxylic acids is 2. The molecule has 1 saturated heterocycles. The number of rotatable bonds is 5. The predicted octanol–water partition coefficient (Wildman–Crippen LogP) is 2.73. The first-order valence-corrected chi connectivity index (χ1v) is 8.51. The van der Waals surface area contributed by atoms with Crippen molar-refractivity contribution in [3.05, 3.63) is 29.6 Å². The Labute approximate surface area is 138 Å². The van der Waals surface area contributed by atoms with Gasteiger partial charge in [0.1, 0.15) is 5.69 Å². The summed E-state index contributed by atoms with van der Waals surface area (Å²) in [5.41, 5.74) is 0.854. The van der Waals surface area contributed by atoms with E-state index < -0.39 is 0 Å². The number of piperidine rings is 1. The highest BCUT2D eigenvalue weighted by atomic mass is 16.2. The second-order valence-corrected chi connectivity index (χ2v) is 6.87. The Kier molecular flexibility index (Phi) is 6.13. The lowest BCUT2D eigenvalue weighted by molar-refractivity contribution is 0.0683. The van der Waals surface area contributed by atoms with Crippen LogP contribution in [0.15, 0.2) is 18.3 Å². The van der Waals surface area contributed by atoms with E-state index in [0.717, 1.165) is 25.9 Å². The summed E-state index contributed by atoms with van der Waals surface area (Å²) in [5.74, 6) is 0.855. The molecule has 1 N–H and O–H groups in total. The van der Waals surface area contributed by atoms with Crippen molar-refractivity contribution < 1.29 is 9.59 Å². The van der Waals surface area contributed by atoms with E-state index in [9.17, 15) is 9.59 Å². The average Bonchev–Trinajstić information content (AvgIpc) is 2.54. The summed E-state index contributed by atoms with van der Waals surface area (Å²) in [6, 6.07) is 3.29. The van der Waals surface area contributed by atoms with Crippen LogP contribution >= 0.6 is 0 Å². The van der Waals surface area contributed by atoms with Gasteiger partial charge in [-0.15, -0.1) is 0 Å². The molecule has 1 unspecified atom stereocenters. The Bertz CT molecular complexity index is 557. The van der Waals surface area contributed by atoms with E-state index in [1.165, 1.54) is 12.6 Å². The third kappa shape index (κ3) is 5.05. The largest absolute Gasteiger partial charge is 0.351 e. The third-order valence-corrected chi connectivity index (χ3v) is 4.19. The molecule has 2 amide bonds. The SMILES string of the molecule is CC(C)CCNC(=O)c1cc(C(=O)N2CCCC(C)C2)ccn1. The topological polar surface area (TPSA) is 62.3 Å². The van der Waals surface area contributed by atoms with Crippen LogP contribution in [0.1, 0.15) is 60.9 Å². The molecule has 1 aromatic rings. The van der Waals surface area contributed by atoms with Gasteiger partial charge in [-0.25, -0.2) is 0 Å². The van der Waals surface area contributed by atoms with Crippen LogP contribution in [0, 0.1) is 11.8 Å². The fourth-order valence-electron chi connectivity index (χ4n) is 2.81. The predicted molar refractivity (Wildman–Crippen MR) is 90.3 cm³/mol. The smallest absolute Gasteiger partial charge is 0.269 e. The molecule has 5 nitrogen and oxygen atoms in total. The van der Waals surface area contributed by atoms with Crippen molar-refractivity contribution in [2.75, 3.05) is 19.6 Å². The molecule has 0 aliphatic carbocycles. The van der Waals surface area contributed by atoms with Crippen LogP contribution < -0.4 is 5.32 Å². The van der Waals surface area contributed by atoms with Crippen LogP contribution in [0.25, 0.3) is 0 Å². The molecule has 5 heteroatoms. The number of likely N-dealkylation sites (tertiary alicyclic amines) is 1. The van der Waals surface area contributed by atoms with Crippen LogP contribution in [0.4, 0.5) is 0 Å². The highest BCUT2D eigenvalue weighted by molar-refractivity contribution is 5.98. The molecular weight excluding hydrogens is 290 g/mol. The Balaban J connectivity index is 2.01. The number of aromatic nitrogens is 1. The van der Waals surface area contributed by atoms with E-state index in [4.69, 9.17) is 0 Å². The summed E-state index contributed by atoms with van der Waals surface area (Å²) in [4.78, 5) is 30.7. The number of hydrogen-bond acceptors (Lipinski definition) is 3. The summed E-state index contributed by atoms with van der Waals surface area (Å²) >= 11 is 0. The fourth-order valence-corrected chi connectivity index (χ4v) is 2.81. The Hall–Kier alpha value is -1.91. The molecular formula is C18H27N3O2. The van der Waals surface area contributed by atoms with Crippen molar-refractivity contribution in [2.45, 2.75) is 40.0 Å². The standard InChI is InChI=1S/C18H27N3O2/c1-13(2)6-8-20-17(22)16-11-15(7-9-19-16)18(23)21-10-4-5-14(3)12-21/h7,9,11,13-14H,4-6,8,10,12H2,1-3H3,(H,20,22). The van der Waals surface area contributed by atoms with Gasteiger partial charge in [-0.05, 0) is 43.2 Å². The highest BCUT2D eigenvalue weighted by Gasteiger charge is 2.22. The van der Waals surface area contributed by atoms with Gasteiger partial charge in [0.2, 0.25) is 0 Å². The number of hydrogen-bond donors (Lipinski definition) is 1. The minimum atomic E-state index is -0.215. The van der Waals surface area contributed by atoms with Gasteiger partial charge < -0.3 is 10.2 Å². The van der Waals surface area contributed by atoms with E-state index in [1.807, 2.05) is 4.90 Å². The van der Waals surface area contributed by atoms with Gasteiger partial charge in [-0.3, -0.25) is 14.6 Å². The zero-order valence-electron chi connectivity index (χ0n) is 14.3. The van der Waals surface area contributed by atoms with Gasteiger partial charge >= 0.3 is 0 Å². The van der Waals surface area contributed by atoms with Crippen LogP contribution in [0.3, 0.4) is 0 Å². The van der Waals surface area contributed by atoms with Crippen LogP contribution in [-0.2, 0) is 0 Å². The second-order valence-electron chi connectivity index (χ2n) is 6.87. The van der Waals surface area contributed by atoms with Gasteiger partial charge in [0.25, 0.3) is 11.8 Å². The monoisotopic (exact) mass is 317 g/mol. The molecule has 1 fully saturated rings. The van der Waals surface area contributed by atoms with E-state index in [-0.39, 0.29) is 11.8 Å². The molecule has 1 aliphatic rings. The minimum absolute atomic E-state index is 0.00446. The molecule has 1 aromatic heterocycles. The molecule has 1 atom stereocenters. The number of pyridine rings is 1. The zero-order valence-corrected chi connectivity index (χ0v) is 14.3. The number of amides is 2. The summed E-state index contributed by atoms with van der Waals surface area (Å²) in [6.45, 7) is 8.60. The summed E-state index contributed by atoms with van der Waals surface area (Å²) < 4.78 is 0. The van der Waals surface area contributed by atoms with Crippen molar-refractivity contribution in [2.24, 2.45) is 11.8 Å². The van der Waals surface area contributed by atoms with E-state index in [2.05, 4.69) is 31.1 Å². The highest BCUT2D eigenvalue weighted by Crippen LogP contribution is 2.18. The molecule has 0 bridgehead atoms. The summed E-state index contributed by atoms with van der Waals surface area (Å²) in [5, 5.41) is 2.86. The second kappa shape index (κ2) is 8.09. The van der Waals surface area contributed by atoms with Crippen molar-refractivity contribution in [1.82, 2.24) is 15.2 Å². The molecule has 1 aliphatic heterocycles. The van der Waals surface area contributed by atoms with Crippen molar-refractivity contribution >= 4 is 11.8 Å². The summed E-state index contributed by atoms with van der Waals surface area (Å²) in [6.07, 6.45) is 4.68. The van der Waals surface area contributed by atoms with Crippen LogP contribution in [-0.4, -0.2) is 41.3 Å². The van der Waals surface area contributed by atoms with Gasteiger partial charge in [0.05, 0.1) is 0 Å². The fraction of sp³-hybridized carbons (Fsp3) is 0.611. The van der Waals surface area contributed by atoms with Gasteiger partial charge in [-0.2, -0.15) is 0 Å². The molecule has 23 heavy (non-hydrogen) atoms. The zero-order chi connectivity index (χ0) is 16.8. The first-order valence-electron chi connectivity index (χ1n) is 8.51. The van der Waals surface area contributed by atoms with E-state index in [0.29, 0.717) is 29.6 Å². The minimum Gasteiger partial charge on any atom is -0.351 e. The van der Waals surface area contributed by atoms with Crippen molar-refractivity contribution in [3.8, 4) is 0 Å². The first-order chi connectivity index (χ1) is 11.0. The van der Waals surface area contributed by atoms with Gasteiger partial charge in [0, 0.05) is 31.4 Å². The molecule has 0 radical (unpaired) electrons. The van der Waals surface area contributed by atoms with E-state index in [1.54, 1.807) is 12.1 Å². The molecule has 2 rings (SSSR count). The Morgan fingerprint density at radius 1 is 1.43 bits per heavy atom.